The van der Waals surface area contributed by atoms with E-state index < -0.39 is 56.9 Å². The number of benzene rings is 2. The highest BCUT2D eigenvalue weighted by atomic mass is 35.5. The van der Waals surface area contributed by atoms with Crippen LogP contribution in [-0.4, -0.2) is 58.1 Å². The molecule has 13 heteroatoms. The minimum atomic E-state index is -4.84. The molecule has 0 radical (unpaired) electrons. The molecule has 0 aromatic heterocycles. The van der Waals surface area contributed by atoms with E-state index in [1.165, 1.54) is 21.1 Å². The van der Waals surface area contributed by atoms with Crippen LogP contribution in [0, 0.1) is 0 Å². The number of carbonyl (C=O) groups is 2. The van der Waals surface area contributed by atoms with Crippen LogP contribution in [0.25, 0.3) is 0 Å². The van der Waals surface area contributed by atoms with Crippen molar-refractivity contribution < 1.29 is 35.9 Å². The summed E-state index contributed by atoms with van der Waals surface area (Å²) in [6.07, 6.45) is -4.08. The van der Waals surface area contributed by atoms with Crippen molar-refractivity contribution in [2.75, 3.05) is 31.3 Å². The van der Waals surface area contributed by atoms with Crippen molar-refractivity contribution in [2.45, 2.75) is 25.7 Å². The quantitative estimate of drug-likeness (QED) is 0.531. The molecule has 2 rings (SSSR count). The number of hydrogen-bond acceptors (Lipinski definition) is 5. The highest BCUT2D eigenvalue weighted by molar-refractivity contribution is 7.92. The van der Waals surface area contributed by atoms with Crippen molar-refractivity contribution in [3.8, 4) is 5.75 Å². The molecule has 0 saturated carbocycles. The van der Waals surface area contributed by atoms with Gasteiger partial charge in [-0.2, -0.15) is 13.2 Å². The molecule has 0 aliphatic carbocycles. The van der Waals surface area contributed by atoms with Gasteiger partial charge in [0.25, 0.3) is 0 Å². The predicted molar refractivity (Wildman–Crippen MR) is 126 cm³/mol. The van der Waals surface area contributed by atoms with E-state index in [0.717, 1.165) is 23.3 Å². The number of rotatable bonds is 9. The third kappa shape index (κ3) is 7.25. The molecule has 2 amide bonds. The van der Waals surface area contributed by atoms with Gasteiger partial charge in [0.2, 0.25) is 21.8 Å². The molecule has 35 heavy (non-hydrogen) atoms. The van der Waals surface area contributed by atoms with Gasteiger partial charge in [0, 0.05) is 13.6 Å². The first-order chi connectivity index (χ1) is 16.2. The number of halogens is 4. The molecule has 1 atom stereocenters. The van der Waals surface area contributed by atoms with Crippen molar-refractivity contribution >= 4 is 39.1 Å². The van der Waals surface area contributed by atoms with Gasteiger partial charge in [-0.25, -0.2) is 8.42 Å². The zero-order chi connectivity index (χ0) is 26.6. The summed E-state index contributed by atoms with van der Waals surface area (Å²) in [7, 11) is -1.37. The first kappa shape index (κ1) is 28.2. The lowest BCUT2D eigenvalue weighted by molar-refractivity contribution is -0.139. The number of ether oxygens (including phenoxy) is 1. The smallest absolute Gasteiger partial charge is 0.417 e. The van der Waals surface area contributed by atoms with Gasteiger partial charge in [0.15, 0.2) is 0 Å². The Balaban J connectivity index is 2.48. The summed E-state index contributed by atoms with van der Waals surface area (Å²) >= 11 is 5.65. The average molecular weight is 536 g/mol. The largest absolute Gasteiger partial charge is 0.497 e. The lowest BCUT2D eigenvalue weighted by Gasteiger charge is -2.31. The number of likely N-dealkylation sites (N-methyl/N-ethyl adjacent to an activating group) is 1. The van der Waals surface area contributed by atoms with Gasteiger partial charge in [-0.15, -0.1) is 0 Å². The molecular weight excluding hydrogens is 511 g/mol. The van der Waals surface area contributed by atoms with Gasteiger partial charge < -0.3 is 15.0 Å². The molecular formula is C22H25ClF3N3O5S. The van der Waals surface area contributed by atoms with Gasteiger partial charge in [0.1, 0.15) is 18.3 Å². The van der Waals surface area contributed by atoms with Crippen LogP contribution < -0.4 is 14.4 Å². The second-order valence-electron chi connectivity index (χ2n) is 7.59. The number of nitrogens with one attached hydrogen (secondary N) is 1. The summed E-state index contributed by atoms with van der Waals surface area (Å²) in [5.74, 6) is -0.822. The Morgan fingerprint density at radius 2 is 1.83 bits per heavy atom. The lowest BCUT2D eigenvalue weighted by atomic mass is 10.1. The Kier molecular flexibility index (Phi) is 9.01. The maximum atomic E-state index is 13.3. The van der Waals surface area contributed by atoms with Crippen LogP contribution >= 0.6 is 11.6 Å². The summed E-state index contributed by atoms with van der Waals surface area (Å²) < 4.78 is 70.7. The lowest BCUT2D eigenvalue weighted by Crippen LogP contribution is -2.50. The van der Waals surface area contributed by atoms with E-state index in [9.17, 15) is 31.2 Å². The second kappa shape index (κ2) is 11.2. The zero-order valence-corrected chi connectivity index (χ0v) is 21.0. The molecule has 0 aliphatic heterocycles. The van der Waals surface area contributed by atoms with Crippen LogP contribution in [0.2, 0.25) is 5.02 Å². The summed E-state index contributed by atoms with van der Waals surface area (Å²) in [5, 5.41) is 1.81. The molecule has 0 aliphatic rings. The number of hydrogen-bond donors (Lipinski definition) is 1. The van der Waals surface area contributed by atoms with Gasteiger partial charge in [-0.05, 0) is 42.8 Å². The SMILES string of the molecule is CNC(=O)C(C)N(Cc1cccc(OC)c1)C(=O)CN(c1ccc(Cl)c(C(F)(F)F)c1)S(C)(=O)=O. The molecule has 2 aromatic rings. The molecule has 0 saturated heterocycles. The first-order valence-corrected chi connectivity index (χ1v) is 12.4. The Morgan fingerprint density at radius 1 is 1.17 bits per heavy atom. The number of sulfonamides is 1. The number of carbonyl (C=O) groups excluding carboxylic acids is 2. The van der Waals surface area contributed by atoms with E-state index in [1.54, 1.807) is 24.3 Å². The number of nitrogens with zero attached hydrogens (tertiary/aromatic N) is 2. The fourth-order valence-electron chi connectivity index (χ4n) is 3.26. The van der Waals surface area contributed by atoms with Crippen LogP contribution in [0.15, 0.2) is 42.5 Å². The third-order valence-electron chi connectivity index (χ3n) is 5.12. The number of methoxy groups -OCH3 is 1. The van der Waals surface area contributed by atoms with E-state index in [0.29, 0.717) is 21.7 Å². The maximum Gasteiger partial charge on any atom is 0.417 e. The van der Waals surface area contributed by atoms with E-state index >= 15 is 0 Å². The predicted octanol–water partition coefficient (Wildman–Crippen LogP) is 3.30. The molecule has 1 unspecified atom stereocenters. The van der Waals surface area contributed by atoms with Crippen LogP contribution in [0.4, 0.5) is 18.9 Å². The van der Waals surface area contributed by atoms with Crippen LogP contribution in [0.5, 0.6) is 5.75 Å². The van der Waals surface area contributed by atoms with Crippen LogP contribution in [0.1, 0.15) is 18.1 Å². The number of alkyl halides is 3. The molecule has 0 spiro atoms. The number of anilines is 1. The van der Waals surface area contributed by atoms with E-state index in [-0.39, 0.29) is 6.54 Å². The summed E-state index contributed by atoms with van der Waals surface area (Å²) in [6, 6.07) is 8.20. The molecule has 1 N–H and O–H groups in total. The minimum absolute atomic E-state index is 0.0867. The monoisotopic (exact) mass is 535 g/mol. The van der Waals surface area contributed by atoms with Gasteiger partial charge in [0.05, 0.1) is 29.6 Å². The topological polar surface area (TPSA) is 96.0 Å². The molecule has 8 nitrogen and oxygen atoms in total. The molecule has 192 valence electrons. The summed E-state index contributed by atoms with van der Waals surface area (Å²) in [4.78, 5) is 26.7. The molecule has 0 fully saturated rings. The van der Waals surface area contributed by atoms with Crippen molar-refractivity contribution in [3.63, 3.8) is 0 Å². The highest BCUT2D eigenvalue weighted by Crippen LogP contribution is 2.37. The van der Waals surface area contributed by atoms with Crippen molar-refractivity contribution in [3.05, 3.63) is 58.6 Å². The van der Waals surface area contributed by atoms with E-state index in [2.05, 4.69) is 5.32 Å². The average Bonchev–Trinajstić information content (AvgIpc) is 2.79. The van der Waals surface area contributed by atoms with Crippen molar-refractivity contribution in [2.24, 2.45) is 0 Å². The maximum absolute atomic E-state index is 13.3. The zero-order valence-electron chi connectivity index (χ0n) is 19.4. The first-order valence-electron chi connectivity index (χ1n) is 10.2. The Labute approximate surface area is 206 Å². The minimum Gasteiger partial charge on any atom is -0.497 e. The number of amides is 2. The Bertz CT molecular complexity index is 1190. The summed E-state index contributed by atoms with van der Waals surface area (Å²) in [5.41, 5.74) is -1.05. The summed E-state index contributed by atoms with van der Waals surface area (Å²) in [6.45, 7) is 0.519. The molecule has 0 bridgehead atoms. The van der Waals surface area contributed by atoms with Gasteiger partial charge >= 0.3 is 6.18 Å². The van der Waals surface area contributed by atoms with Crippen LogP contribution in [0.3, 0.4) is 0 Å². The standard InChI is InChI=1S/C22H25ClF3N3O5S/c1-14(21(31)27-2)28(12-15-6-5-7-17(10-15)34-3)20(30)13-29(35(4,32)33)16-8-9-19(23)18(11-16)22(24,25)26/h5-11,14H,12-13H2,1-4H3,(H,27,31). The second-order valence-corrected chi connectivity index (χ2v) is 9.91. The molecule has 0 heterocycles. The Morgan fingerprint density at radius 3 is 2.37 bits per heavy atom. The Hall–Kier alpha value is -2.99. The van der Waals surface area contributed by atoms with E-state index in [1.807, 2.05) is 0 Å². The normalized spacial score (nSPS) is 12.6. The third-order valence-corrected chi connectivity index (χ3v) is 6.59. The fourth-order valence-corrected chi connectivity index (χ4v) is 4.32. The highest BCUT2D eigenvalue weighted by Gasteiger charge is 2.35. The van der Waals surface area contributed by atoms with E-state index in [4.69, 9.17) is 16.3 Å². The van der Waals surface area contributed by atoms with Crippen LogP contribution in [-0.2, 0) is 32.3 Å². The van der Waals surface area contributed by atoms with Crippen molar-refractivity contribution in [1.29, 1.82) is 0 Å². The van der Waals surface area contributed by atoms with Gasteiger partial charge in [-0.1, -0.05) is 23.7 Å². The van der Waals surface area contributed by atoms with Gasteiger partial charge in [-0.3, -0.25) is 13.9 Å². The fraction of sp³-hybridized carbons (Fsp3) is 0.364. The van der Waals surface area contributed by atoms with Crippen molar-refractivity contribution in [1.82, 2.24) is 10.2 Å². The molecule has 2 aromatic carbocycles.